The number of hydrogen-bond donors (Lipinski definition) is 2. The quantitative estimate of drug-likeness (QED) is 0.645. The second-order valence-electron chi connectivity index (χ2n) is 3.99. The summed E-state index contributed by atoms with van der Waals surface area (Å²) in [6.07, 6.45) is 1.07. The third-order valence-corrected chi connectivity index (χ3v) is 3.79. The molecule has 6 nitrogen and oxygen atoms in total. The Bertz CT molecular complexity index is 632. The maximum absolute atomic E-state index is 12.0. The van der Waals surface area contributed by atoms with Gasteiger partial charge < -0.3 is 15.4 Å². The monoisotopic (exact) mass is 326 g/mol. The summed E-state index contributed by atoms with van der Waals surface area (Å²) < 4.78 is 4.45. The molecule has 2 rings (SSSR count). The number of nitrogens with one attached hydrogen (secondary N) is 2. The van der Waals surface area contributed by atoms with Gasteiger partial charge in [-0.05, 0) is 18.2 Å². The van der Waals surface area contributed by atoms with Gasteiger partial charge in [0.25, 0.3) is 11.8 Å². The number of methoxy groups -OCH3 is 1. The number of carbonyl (C=O) groups excluding carboxylic acids is 3. The van der Waals surface area contributed by atoms with Crippen LogP contribution < -0.4 is 10.6 Å². The lowest BCUT2D eigenvalue weighted by Gasteiger charge is -2.11. The van der Waals surface area contributed by atoms with Gasteiger partial charge in [-0.3, -0.25) is 9.59 Å². The molecule has 1 aliphatic rings. The van der Waals surface area contributed by atoms with E-state index in [4.69, 9.17) is 11.6 Å². The highest BCUT2D eigenvalue weighted by molar-refractivity contribution is 8.05. The molecule has 2 N–H and O–H groups in total. The van der Waals surface area contributed by atoms with Gasteiger partial charge in [0.1, 0.15) is 0 Å². The summed E-state index contributed by atoms with van der Waals surface area (Å²) in [6, 6.07) is 6.43. The minimum atomic E-state index is -0.653. The maximum atomic E-state index is 12.0. The number of hydrogen-bond acceptors (Lipinski definition) is 5. The first-order valence-corrected chi connectivity index (χ1v) is 7.09. The predicted octanol–water partition coefficient (Wildman–Crippen LogP) is 1.27. The highest BCUT2D eigenvalue weighted by Gasteiger charge is 2.29. The topological polar surface area (TPSA) is 84.5 Å². The first-order valence-electron chi connectivity index (χ1n) is 5.83. The molecule has 0 aliphatic carbocycles. The Morgan fingerprint density at radius 1 is 1.48 bits per heavy atom. The predicted molar refractivity (Wildman–Crippen MR) is 78.5 cm³/mol. The number of rotatable bonds is 3. The lowest BCUT2D eigenvalue weighted by molar-refractivity contribution is -0.135. The van der Waals surface area contributed by atoms with Gasteiger partial charge in [-0.2, -0.15) is 0 Å². The van der Waals surface area contributed by atoms with E-state index in [2.05, 4.69) is 15.4 Å². The van der Waals surface area contributed by atoms with Crippen molar-refractivity contribution in [3.05, 3.63) is 45.8 Å². The molecule has 1 atom stereocenters. The van der Waals surface area contributed by atoms with Gasteiger partial charge in [-0.15, -0.1) is 0 Å². The molecule has 0 bridgehead atoms. The summed E-state index contributed by atoms with van der Waals surface area (Å²) in [5.74, 6) is -1.45. The Kier molecular flexibility index (Phi) is 4.87. The number of carbonyl (C=O) groups is 3. The van der Waals surface area contributed by atoms with Crippen LogP contribution in [0.4, 0.5) is 0 Å². The smallest absolute Gasteiger partial charge is 0.331 e. The lowest BCUT2D eigenvalue weighted by atomic mass is 10.2. The molecule has 21 heavy (non-hydrogen) atoms. The molecule has 1 heterocycles. The van der Waals surface area contributed by atoms with E-state index in [9.17, 15) is 14.4 Å². The van der Waals surface area contributed by atoms with Crippen molar-refractivity contribution < 1.29 is 19.1 Å². The molecule has 0 saturated carbocycles. The number of esters is 1. The molecule has 0 unspecified atom stereocenters. The fourth-order valence-electron chi connectivity index (χ4n) is 1.56. The fraction of sp³-hybridized carbons (Fsp3) is 0.154. The van der Waals surface area contributed by atoms with E-state index in [0.717, 1.165) is 17.8 Å². The number of halogens is 1. The average Bonchev–Trinajstić information content (AvgIpc) is 2.78. The van der Waals surface area contributed by atoms with Crippen molar-refractivity contribution in [1.29, 1.82) is 0 Å². The summed E-state index contributed by atoms with van der Waals surface area (Å²) in [4.78, 5) is 34.9. The summed E-state index contributed by atoms with van der Waals surface area (Å²) in [7, 11) is 1.22. The van der Waals surface area contributed by atoms with E-state index >= 15 is 0 Å². The van der Waals surface area contributed by atoms with Gasteiger partial charge in [0, 0.05) is 16.7 Å². The molecule has 8 heteroatoms. The molecule has 1 aliphatic heterocycles. The van der Waals surface area contributed by atoms with Crippen molar-refractivity contribution in [2.45, 2.75) is 5.50 Å². The third-order valence-electron chi connectivity index (χ3n) is 2.53. The molecule has 1 saturated heterocycles. The molecule has 110 valence electrons. The average molecular weight is 327 g/mol. The fourth-order valence-corrected chi connectivity index (χ4v) is 2.67. The molecular weight excluding hydrogens is 316 g/mol. The normalized spacial score (nSPS) is 19.2. The molecule has 0 radical (unpaired) electrons. The highest BCUT2D eigenvalue weighted by Crippen LogP contribution is 2.26. The number of thioether (sulfide) groups is 1. The van der Waals surface area contributed by atoms with Crippen LogP contribution in [0.5, 0.6) is 0 Å². The second kappa shape index (κ2) is 6.64. The van der Waals surface area contributed by atoms with Crippen LogP contribution in [0.15, 0.2) is 35.2 Å². The van der Waals surface area contributed by atoms with E-state index in [1.165, 1.54) is 13.2 Å². The third kappa shape index (κ3) is 3.99. The Morgan fingerprint density at radius 2 is 2.24 bits per heavy atom. The summed E-state index contributed by atoms with van der Waals surface area (Å²) >= 11 is 6.83. The van der Waals surface area contributed by atoms with E-state index in [0.29, 0.717) is 10.6 Å². The van der Waals surface area contributed by atoms with Crippen molar-refractivity contribution >= 4 is 41.1 Å². The zero-order chi connectivity index (χ0) is 15.4. The second-order valence-corrected chi connectivity index (χ2v) is 5.57. The van der Waals surface area contributed by atoms with Crippen molar-refractivity contribution in [3.8, 4) is 0 Å². The summed E-state index contributed by atoms with van der Waals surface area (Å²) in [6.45, 7) is 0. The van der Waals surface area contributed by atoms with E-state index < -0.39 is 17.4 Å². The van der Waals surface area contributed by atoms with Gasteiger partial charge in [-0.1, -0.05) is 29.4 Å². The number of ether oxygens (including phenoxy) is 1. The van der Waals surface area contributed by atoms with Gasteiger partial charge in [-0.25, -0.2) is 4.79 Å². The molecule has 2 amide bonds. The minimum absolute atomic E-state index is 0.179. The van der Waals surface area contributed by atoms with Crippen LogP contribution in [-0.2, 0) is 14.3 Å². The van der Waals surface area contributed by atoms with Crippen molar-refractivity contribution in [3.63, 3.8) is 0 Å². The zero-order valence-corrected chi connectivity index (χ0v) is 12.5. The molecule has 1 aromatic carbocycles. The van der Waals surface area contributed by atoms with Crippen molar-refractivity contribution in [2.75, 3.05) is 7.11 Å². The van der Waals surface area contributed by atoms with Crippen LogP contribution >= 0.6 is 23.4 Å². The number of benzene rings is 1. The van der Waals surface area contributed by atoms with Crippen LogP contribution in [0, 0.1) is 0 Å². The van der Waals surface area contributed by atoms with Gasteiger partial charge in [0.05, 0.1) is 12.0 Å². The minimum Gasteiger partial charge on any atom is -0.466 e. The summed E-state index contributed by atoms with van der Waals surface area (Å²) in [5, 5.41) is 5.59. The zero-order valence-electron chi connectivity index (χ0n) is 10.9. The van der Waals surface area contributed by atoms with Gasteiger partial charge in [0.2, 0.25) is 0 Å². The molecule has 1 fully saturated rings. The Morgan fingerprint density at radius 3 is 2.90 bits per heavy atom. The molecule has 0 spiro atoms. The Labute approximate surface area is 129 Å². The van der Waals surface area contributed by atoms with Crippen LogP contribution in [0.1, 0.15) is 10.4 Å². The van der Waals surface area contributed by atoms with Crippen molar-refractivity contribution in [2.24, 2.45) is 0 Å². The Hall–Kier alpha value is -1.99. The molecular formula is C13H11ClN2O4S. The lowest BCUT2D eigenvalue weighted by Crippen LogP contribution is -2.41. The van der Waals surface area contributed by atoms with Gasteiger partial charge in [0.15, 0.2) is 5.50 Å². The van der Waals surface area contributed by atoms with Crippen LogP contribution in [0.2, 0.25) is 5.02 Å². The summed E-state index contributed by atoms with van der Waals surface area (Å²) in [5.41, 5.74) is -0.275. The van der Waals surface area contributed by atoms with Crippen LogP contribution in [-0.4, -0.2) is 30.4 Å². The molecule has 0 aromatic heterocycles. The maximum Gasteiger partial charge on any atom is 0.331 e. The van der Waals surface area contributed by atoms with E-state index in [1.807, 2.05) is 0 Å². The number of amides is 2. The first-order chi connectivity index (χ1) is 9.99. The van der Waals surface area contributed by atoms with Crippen LogP contribution in [0.25, 0.3) is 0 Å². The SMILES string of the molecule is COC(=O)/C=C1\S[C@@H](NC(=O)c2cccc(Cl)c2)NC1=O. The Balaban J connectivity index is 2.02. The van der Waals surface area contributed by atoms with E-state index in [1.54, 1.807) is 18.2 Å². The van der Waals surface area contributed by atoms with Crippen LogP contribution in [0.3, 0.4) is 0 Å². The molecule has 1 aromatic rings. The first kappa shape index (κ1) is 15.4. The van der Waals surface area contributed by atoms with Crippen molar-refractivity contribution in [1.82, 2.24) is 10.6 Å². The van der Waals surface area contributed by atoms with E-state index in [-0.39, 0.29) is 10.8 Å². The largest absolute Gasteiger partial charge is 0.466 e. The van der Waals surface area contributed by atoms with Gasteiger partial charge >= 0.3 is 5.97 Å². The highest BCUT2D eigenvalue weighted by atomic mass is 35.5. The standard InChI is InChI=1S/C13H11ClN2O4S/c1-20-10(17)6-9-12(19)16-13(21-9)15-11(18)7-3-2-4-8(14)5-7/h2-6,13H,1H3,(H,15,18)(H,16,19)/b9-6-/t13-/m0/s1.